The van der Waals surface area contributed by atoms with Crippen molar-refractivity contribution in [1.82, 2.24) is 24.7 Å². The van der Waals surface area contributed by atoms with Gasteiger partial charge >= 0.3 is 0 Å². The molecule has 2 aromatic rings. The minimum Gasteiger partial charge on any atom is -0.308 e. The normalized spacial score (nSPS) is 12.9. The molecule has 18 heavy (non-hydrogen) atoms. The lowest BCUT2D eigenvalue weighted by Crippen LogP contribution is -2.24. The van der Waals surface area contributed by atoms with E-state index in [9.17, 15) is 0 Å². The molecule has 1 unspecified atom stereocenters. The number of hydrogen-bond donors (Lipinski definition) is 1. The number of aryl methyl sites for hydroxylation is 2. The standard InChI is InChI=1S/C11H16ClN5S/c1-4-13-8(9-6-18-16-14-9)5-10-11(12)7(2)15-17(10)3/h6,8,13H,4-5H2,1-3H3. The van der Waals surface area contributed by atoms with Gasteiger partial charge in [0.05, 0.1) is 28.1 Å². The van der Waals surface area contributed by atoms with E-state index in [2.05, 4.69) is 26.9 Å². The maximum absolute atomic E-state index is 6.28. The van der Waals surface area contributed by atoms with Crippen LogP contribution in [0.2, 0.25) is 5.02 Å². The quantitative estimate of drug-likeness (QED) is 0.914. The topological polar surface area (TPSA) is 55.6 Å². The van der Waals surface area contributed by atoms with Crippen LogP contribution in [0.4, 0.5) is 0 Å². The van der Waals surface area contributed by atoms with Crippen LogP contribution in [0.3, 0.4) is 0 Å². The number of nitrogens with zero attached hydrogens (tertiary/aromatic N) is 4. The monoisotopic (exact) mass is 285 g/mol. The molecule has 0 aliphatic carbocycles. The first-order valence-electron chi connectivity index (χ1n) is 5.81. The second-order valence-corrected chi connectivity index (χ2v) is 5.10. The Balaban J connectivity index is 2.24. The highest BCUT2D eigenvalue weighted by molar-refractivity contribution is 7.03. The summed E-state index contributed by atoms with van der Waals surface area (Å²) in [5.74, 6) is 0. The number of aromatic nitrogens is 4. The summed E-state index contributed by atoms with van der Waals surface area (Å²) in [6, 6.07) is 0.126. The molecule has 2 rings (SSSR count). The molecule has 0 fully saturated rings. The third-order valence-corrected chi connectivity index (χ3v) is 3.86. The van der Waals surface area contributed by atoms with Gasteiger partial charge in [0.1, 0.15) is 0 Å². The fourth-order valence-electron chi connectivity index (χ4n) is 1.95. The van der Waals surface area contributed by atoms with Gasteiger partial charge in [0.15, 0.2) is 0 Å². The van der Waals surface area contributed by atoms with E-state index >= 15 is 0 Å². The Kier molecular flexibility index (Phi) is 4.31. The van der Waals surface area contributed by atoms with Crippen molar-refractivity contribution in [1.29, 1.82) is 0 Å². The zero-order chi connectivity index (χ0) is 13.1. The van der Waals surface area contributed by atoms with Crippen molar-refractivity contribution < 1.29 is 0 Å². The zero-order valence-corrected chi connectivity index (χ0v) is 12.2. The number of halogens is 1. The summed E-state index contributed by atoms with van der Waals surface area (Å²) >= 11 is 7.64. The molecule has 7 heteroatoms. The van der Waals surface area contributed by atoms with E-state index in [-0.39, 0.29) is 6.04 Å². The van der Waals surface area contributed by atoms with Crippen LogP contribution in [0.5, 0.6) is 0 Å². The lowest BCUT2D eigenvalue weighted by atomic mass is 10.1. The molecule has 98 valence electrons. The van der Waals surface area contributed by atoms with E-state index < -0.39 is 0 Å². The van der Waals surface area contributed by atoms with Gasteiger partial charge in [-0.05, 0) is 25.0 Å². The largest absolute Gasteiger partial charge is 0.308 e. The Morgan fingerprint density at radius 1 is 1.56 bits per heavy atom. The molecular formula is C11H16ClN5S. The number of likely N-dealkylation sites (N-methyl/N-ethyl adjacent to an activating group) is 1. The fraction of sp³-hybridized carbons (Fsp3) is 0.545. The number of nitrogens with one attached hydrogen (secondary N) is 1. The molecule has 1 atom stereocenters. The van der Waals surface area contributed by atoms with Crippen molar-refractivity contribution >= 4 is 23.1 Å². The maximum Gasteiger partial charge on any atom is 0.0928 e. The van der Waals surface area contributed by atoms with E-state index in [4.69, 9.17) is 11.6 Å². The summed E-state index contributed by atoms with van der Waals surface area (Å²) in [7, 11) is 1.91. The van der Waals surface area contributed by atoms with Gasteiger partial charge in [-0.15, -0.1) is 5.10 Å². The van der Waals surface area contributed by atoms with Crippen LogP contribution in [-0.4, -0.2) is 25.9 Å². The molecule has 0 spiro atoms. The van der Waals surface area contributed by atoms with Crippen molar-refractivity contribution in [2.24, 2.45) is 7.05 Å². The summed E-state index contributed by atoms with van der Waals surface area (Å²) in [6.07, 6.45) is 0.759. The first-order chi connectivity index (χ1) is 8.63. The molecule has 0 radical (unpaired) electrons. The lowest BCUT2D eigenvalue weighted by Gasteiger charge is -2.15. The van der Waals surface area contributed by atoms with Gasteiger partial charge in [-0.3, -0.25) is 4.68 Å². The van der Waals surface area contributed by atoms with Crippen LogP contribution in [0.15, 0.2) is 5.38 Å². The Bertz CT molecular complexity index is 508. The summed E-state index contributed by atoms with van der Waals surface area (Å²) in [5, 5.41) is 14.6. The van der Waals surface area contributed by atoms with Crippen molar-refractivity contribution in [2.75, 3.05) is 6.54 Å². The fourth-order valence-corrected chi connectivity index (χ4v) is 2.69. The van der Waals surface area contributed by atoms with E-state index in [0.29, 0.717) is 0 Å². The molecule has 0 amide bonds. The predicted octanol–water partition coefficient (Wildman–Crippen LogP) is 2.13. The van der Waals surface area contributed by atoms with Gasteiger partial charge < -0.3 is 5.32 Å². The van der Waals surface area contributed by atoms with E-state index in [1.807, 2.05) is 24.0 Å². The van der Waals surface area contributed by atoms with Crippen LogP contribution in [0, 0.1) is 6.92 Å². The average molecular weight is 286 g/mol. The Labute approximate surface area is 115 Å². The van der Waals surface area contributed by atoms with Crippen molar-refractivity contribution in [3.8, 4) is 0 Å². The van der Waals surface area contributed by atoms with Gasteiger partial charge in [-0.1, -0.05) is 23.0 Å². The second-order valence-electron chi connectivity index (χ2n) is 4.11. The zero-order valence-electron chi connectivity index (χ0n) is 10.6. The van der Waals surface area contributed by atoms with Crippen molar-refractivity contribution in [2.45, 2.75) is 26.3 Å². The minimum atomic E-state index is 0.126. The third kappa shape index (κ3) is 2.71. The van der Waals surface area contributed by atoms with Gasteiger partial charge in [0.25, 0.3) is 0 Å². The van der Waals surface area contributed by atoms with Crippen LogP contribution in [0.25, 0.3) is 0 Å². The molecule has 0 saturated carbocycles. The second kappa shape index (κ2) is 5.77. The molecule has 0 aliphatic rings. The van der Waals surface area contributed by atoms with Gasteiger partial charge in [0.2, 0.25) is 0 Å². The van der Waals surface area contributed by atoms with E-state index in [1.165, 1.54) is 11.5 Å². The SMILES string of the molecule is CCNC(Cc1c(Cl)c(C)nn1C)c1csnn1. The molecule has 5 nitrogen and oxygen atoms in total. The smallest absolute Gasteiger partial charge is 0.0928 e. The van der Waals surface area contributed by atoms with E-state index in [1.54, 1.807) is 0 Å². The average Bonchev–Trinajstić information content (AvgIpc) is 2.93. The first-order valence-corrected chi connectivity index (χ1v) is 7.03. The summed E-state index contributed by atoms with van der Waals surface area (Å²) in [4.78, 5) is 0. The lowest BCUT2D eigenvalue weighted by molar-refractivity contribution is 0.516. The van der Waals surface area contributed by atoms with Crippen LogP contribution in [0.1, 0.15) is 30.0 Å². The number of rotatable bonds is 5. The third-order valence-electron chi connectivity index (χ3n) is 2.84. The number of hydrogen-bond acceptors (Lipinski definition) is 5. The molecule has 2 aromatic heterocycles. The highest BCUT2D eigenvalue weighted by Gasteiger charge is 2.19. The molecule has 2 heterocycles. The summed E-state index contributed by atoms with van der Waals surface area (Å²) < 4.78 is 5.75. The van der Waals surface area contributed by atoms with Crippen LogP contribution >= 0.6 is 23.1 Å². The minimum absolute atomic E-state index is 0.126. The molecule has 1 N–H and O–H groups in total. The van der Waals surface area contributed by atoms with E-state index in [0.717, 1.165) is 35.1 Å². The highest BCUT2D eigenvalue weighted by atomic mass is 35.5. The maximum atomic E-state index is 6.28. The first kappa shape index (κ1) is 13.5. The molecule has 0 saturated heterocycles. The van der Waals surface area contributed by atoms with Crippen LogP contribution < -0.4 is 5.32 Å². The van der Waals surface area contributed by atoms with Crippen LogP contribution in [-0.2, 0) is 13.5 Å². The van der Waals surface area contributed by atoms with Gasteiger partial charge in [-0.2, -0.15) is 5.10 Å². The van der Waals surface area contributed by atoms with Crippen molar-refractivity contribution in [3.63, 3.8) is 0 Å². The van der Waals surface area contributed by atoms with Gasteiger partial charge in [-0.25, -0.2) is 0 Å². The predicted molar refractivity (Wildman–Crippen MR) is 73.0 cm³/mol. The Hall–Kier alpha value is -0.980. The highest BCUT2D eigenvalue weighted by Crippen LogP contribution is 2.25. The summed E-state index contributed by atoms with van der Waals surface area (Å²) in [6.45, 7) is 4.86. The van der Waals surface area contributed by atoms with Crippen molar-refractivity contribution in [3.05, 3.63) is 27.5 Å². The Morgan fingerprint density at radius 3 is 2.83 bits per heavy atom. The molecule has 0 bridgehead atoms. The Morgan fingerprint density at radius 2 is 2.33 bits per heavy atom. The molecule has 0 aromatic carbocycles. The molecular weight excluding hydrogens is 270 g/mol. The summed E-state index contributed by atoms with van der Waals surface area (Å²) in [5.41, 5.74) is 2.84. The molecule has 0 aliphatic heterocycles. The van der Waals surface area contributed by atoms with Gasteiger partial charge in [0, 0.05) is 18.8 Å².